The van der Waals surface area contributed by atoms with E-state index in [2.05, 4.69) is 21.5 Å². The number of imidazole rings is 1. The summed E-state index contributed by atoms with van der Waals surface area (Å²) >= 11 is 0. The molecule has 0 bridgehead atoms. The maximum absolute atomic E-state index is 12.4. The fourth-order valence-corrected chi connectivity index (χ4v) is 3.16. The molecule has 2 aromatic heterocycles. The lowest BCUT2D eigenvalue weighted by atomic mass is 10.1. The van der Waals surface area contributed by atoms with E-state index >= 15 is 0 Å². The van der Waals surface area contributed by atoms with Crippen LogP contribution in [-0.2, 0) is 16.1 Å². The quantitative estimate of drug-likeness (QED) is 0.510. The molecule has 9 heteroatoms. The van der Waals surface area contributed by atoms with Crippen molar-refractivity contribution in [2.24, 2.45) is 0 Å². The first kappa shape index (κ1) is 17.7. The highest BCUT2D eigenvalue weighted by Gasteiger charge is 2.32. The summed E-state index contributed by atoms with van der Waals surface area (Å²) in [7, 11) is 0. The van der Waals surface area contributed by atoms with Crippen molar-refractivity contribution in [1.82, 2.24) is 24.4 Å². The van der Waals surface area contributed by atoms with Crippen LogP contribution in [0.25, 0.3) is 16.9 Å². The Morgan fingerprint density at radius 1 is 1.18 bits per heavy atom. The van der Waals surface area contributed by atoms with Gasteiger partial charge in [-0.1, -0.05) is 24.8 Å². The van der Waals surface area contributed by atoms with Crippen LogP contribution >= 0.6 is 0 Å². The van der Waals surface area contributed by atoms with Crippen molar-refractivity contribution < 1.29 is 14.3 Å². The molecule has 0 saturated heterocycles. The second-order valence-corrected chi connectivity index (χ2v) is 6.33. The second kappa shape index (κ2) is 7.10. The van der Waals surface area contributed by atoms with E-state index in [9.17, 15) is 9.59 Å². The molecule has 9 nitrogen and oxygen atoms in total. The van der Waals surface area contributed by atoms with Crippen LogP contribution in [0.15, 0.2) is 43.5 Å². The lowest BCUT2D eigenvalue weighted by molar-refractivity contribution is -0.143. The van der Waals surface area contributed by atoms with Gasteiger partial charge in [-0.15, -0.1) is 0 Å². The van der Waals surface area contributed by atoms with Gasteiger partial charge >= 0.3 is 5.97 Å². The molecular formula is C19H18N6O3. The molecule has 0 fully saturated rings. The number of carbonyl (C=O) groups excluding carboxylic acids is 2. The zero-order chi connectivity index (χ0) is 19.7. The standard InChI is InChI=1S/C19H18N6O3/c1-12-13-5-2-3-6-14(13)19(27)25(12)9-15(26)28-8-4-7-24-11-23-16-17(20)21-10-22-18(16)24/h2-3,5-6,10-11H,1,4,7-9H2,(H2,20,21,22). The summed E-state index contributed by atoms with van der Waals surface area (Å²) < 4.78 is 7.09. The van der Waals surface area contributed by atoms with Gasteiger partial charge in [-0.05, 0) is 12.5 Å². The minimum atomic E-state index is -0.482. The number of ether oxygens (including phenoxy) is 1. The molecule has 28 heavy (non-hydrogen) atoms. The Morgan fingerprint density at radius 3 is 2.75 bits per heavy atom. The highest BCUT2D eigenvalue weighted by Crippen LogP contribution is 2.30. The smallest absolute Gasteiger partial charge is 0.326 e. The van der Waals surface area contributed by atoms with Crippen molar-refractivity contribution in [3.63, 3.8) is 0 Å². The molecule has 142 valence electrons. The maximum atomic E-state index is 12.4. The van der Waals surface area contributed by atoms with Gasteiger partial charge in [0.1, 0.15) is 18.4 Å². The van der Waals surface area contributed by atoms with E-state index in [1.54, 1.807) is 18.5 Å². The molecule has 0 spiro atoms. The number of carbonyl (C=O) groups is 2. The first-order chi connectivity index (χ1) is 13.6. The highest BCUT2D eigenvalue weighted by molar-refractivity contribution is 6.10. The normalized spacial score (nSPS) is 13.2. The van der Waals surface area contributed by atoms with Gasteiger partial charge in [0.05, 0.1) is 12.9 Å². The number of nitrogens with zero attached hydrogens (tertiary/aromatic N) is 5. The van der Waals surface area contributed by atoms with E-state index in [0.717, 1.165) is 5.56 Å². The lowest BCUT2D eigenvalue weighted by Crippen LogP contribution is -2.30. The van der Waals surface area contributed by atoms with Gasteiger partial charge in [0.2, 0.25) is 0 Å². The molecule has 0 saturated carbocycles. The molecule has 1 aromatic carbocycles. The molecule has 3 aromatic rings. The summed E-state index contributed by atoms with van der Waals surface area (Å²) in [4.78, 5) is 38.1. The Bertz CT molecular complexity index is 1060. The van der Waals surface area contributed by atoms with Crippen molar-refractivity contribution in [1.29, 1.82) is 0 Å². The number of benzene rings is 1. The molecule has 0 aliphatic carbocycles. The number of aryl methyl sites for hydroxylation is 1. The van der Waals surface area contributed by atoms with Gasteiger partial charge in [0.15, 0.2) is 11.5 Å². The van der Waals surface area contributed by atoms with E-state index in [-0.39, 0.29) is 19.1 Å². The van der Waals surface area contributed by atoms with Crippen LogP contribution in [-0.4, -0.2) is 49.4 Å². The zero-order valence-electron chi connectivity index (χ0n) is 15.0. The summed E-state index contributed by atoms with van der Waals surface area (Å²) in [5.41, 5.74) is 8.75. The van der Waals surface area contributed by atoms with E-state index < -0.39 is 5.97 Å². The summed E-state index contributed by atoms with van der Waals surface area (Å²) in [5.74, 6) is -0.393. The van der Waals surface area contributed by atoms with E-state index in [1.165, 1.54) is 11.2 Å². The Kier molecular flexibility index (Phi) is 4.48. The average molecular weight is 378 g/mol. The van der Waals surface area contributed by atoms with Gasteiger partial charge in [0, 0.05) is 23.4 Å². The summed E-state index contributed by atoms with van der Waals surface area (Å²) in [6.07, 6.45) is 3.58. The van der Waals surface area contributed by atoms with Gasteiger partial charge in [0.25, 0.3) is 5.91 Å². The van der Waals surface area contributed by atoms with Crippen molar-refractivity contribution >= 4 is 34.6 Å². The number of anilines is 1. The fraction of sp³-hybridized carbons (Fsp3) is 0.211. The van der Waals surface area contributed by atoms with Crippen molar-refractivity contribution in [2.45, 2.75) is 13.0 Å². The maximum Gasteiger partial charge on any atom is 0.326 e. The number of hydrogen-bond acceptors (Lipinski definition) is 7. The fourth-order valence-electron chi connectivity index (χ4n) is 3.16. The Morgan fingerprint density at radius 2 is 1.96 bits per heavy atom. The van der Waals surface area contributed by atoms with Crippen LogP contribution in [0.3, 0.4) is 0 Å². The zero-order valence-corrected chi connectivity index (χ0v) is 15.0. The summed E-state index contributed by atoms with van der Waals surface area (Å²) in [6, 6.07) is 7.15. The van der Waals surface area contributed by atoms with E-state index in [0.29, 0.717) is 41.2 Å². The van der Waals surface area contributed by atoms with E-state index in [4.69, 9.17) is 10.5 Å². The molecule has 1 amide bonds. The molecule has 4 rings (SSSR count). The third-order valence-electron chi connectivity index (χ3n) is 4.56. The van der Waals surface area contributed by atoms with Gasteiger partial charge < -0.3 is 15.0 Å². The Hall–Kier alpha value is -3.75. The average Bonchev–Trinajstić information content (AvgIpc) is 3.22. The molecule has 3 heterocycles. The number of fused-ring (bicyclic) bond motifs is 2. The van der Waals surface area contributed by atoms with Crippen molar-refractivity contribution in [3.05, 3.63) is 54.6 Å². The van der Waals surface area contributed by atoms with Crippen molar-refractivity contribution in [3.8, 4) is 0 Å². The number of esters is 1. The SMILES string of the molecule is C=C1c2ccccc2C(=O)N1CC(=O)OCCCn1cnc2c(N)ncnc21. The largest absolute Gasteiger partial charge is 0.464 e. The van der Waals surface area contributed by atoms with Crippen LogP contribution < -0.4 is 5.73 Å². The molecule has 1 aliphatic heterocycles. The summed E-state index contributed by atoms with van der Waals surface area (Å²) in [5, 5.41) is 0. The van der Waals surface area contributed by atoms with Gasteiger partial charge in [-0.2, -0.15) is 0 Å². The highest BCUT2D eigenvalue weighted by atomic mass is 16.5. The molecule has 2 N–H and O–H groups in total. The van der Waals surface area contributed by atoms with Crippen LogP contribution in [0, 0.1) is 0 Å². The summed E-state index contributed by atoms with van der Waals surface area (Å²) in [6.45, 7) is 4.51. The number of rotatable bonds is 6. The molecule has 0 radical (unpaired) electrons. The predicted molar refractivity (Wildman–Crippen MR) is 102 cm³/mol. The third kappa shape index (κ3) is 3.07. The Balaban J connectivity index is 1.29. The molecule has 1 aliphatic rings. The molecule has 0 unspecified atom stereocenters. The minimum Gasteiger partial charge on any atom is -0.464 e. The lowest BCUT2D eigenvalue weighted by Gasteiger charge is -2.16. The molecular weight excluding hydrogens is 360 g/mol. The number of amides is 1. The van der Waals surface area contributed by atoms with Crippen LogP contribution in [0.2, 0.25) is 0 Å². The predicted octanol–water partition coefficient (Wildman–Crippen LogP) is 1.47. The van der Waals surface area contributed by atoms with Gasteiger partial charge in [-0.3, -0.25) is 14.5 Å². The van der Waals surface area contributed by atoms with Crippen LogP contribution in [0.1, 0.15) is 22.3 Å². The second-order valence-electron chi connectivity index (χ2n) is 6.33. The first-order valence-electron chi connectivity index (χ1n) is 8.73. The molecule has 0 atom stereocenters. The topological polar surface area (TPSA) is 116 Å². The van der Waals surface area contributed by atoms with Crippen LogP contribution in [0.4, 0.5) is 5.82 Å². The number of aromatic nitrogens is 4. The van der Waals surface area contributed by atoms with Crippen LogP contribution in [0.5, 0.6) is 0 Å². The number of nitrogen functional groups attached to an aromatic ring is 1. The van der Waals surface area contributed by atoms with Gasteiger partial charge in [-0.25, -0.2) is 15.0 Å². The number of nitrogens with two attached hydrogens (primary N) is 1. The van der Waals surface area contributed by atoms with E-state index in [1.807, 2.05) is 16.7 Å². The first-order valence-corrected chi connectivity index (χ1v) is 8.73. The third-order valence-corrected chi connectivity index (χ3v) is 4.56. The van der Waals surface area contributed by atoms with Crippen molar-refractivity contribution in [2.75, 3.05) is 18.9 Å². The minimum absolute atomic E-state index is 0.163. The number of hydrogen-bond donors (Lipinski definition) is 1. The Labute approximate surface area is 160 Å². The monoisotopic (exact) mass is 378 g/mol.